The molecular weight excluding hydrogens is 659 g/mol. The zero-order valence-corrected chi connectivity index (χ0v) is 29.6. The first kappa shape index (κ1) is 30.4. The molecule has 11 aromatic rings. The molecule has 0 atom stereocenters. The van der Waals surface area contributed by atoms with Gasteiger partial charge in [-0.3, -0.25) is 4.57 Å². The molecule has 0 bridgehead atoms. The smallest absolute Gasteiger partial charge is 0.234 e. The average molecular weight is 692 g/mol. The lowest BCUT2D eigenvalue weighted by Gasteiger charge is -2.10. The van der Waals surface area contributed by atoms with Crippen LogP contribution in [-0.2, 0) is 0 Å². The fraction of sp³-hybridized carbons (Fsp3) is 0.0204. The minimum Gasteiger partial charge on any atom is -0.315 e. The highest BCUT2D eigenvalue weighted by Gasteiger charge is 2.17. The van der Waals surface area contributed by atoms with Gasteiger partial charge in [-0.05, 0) is 78.0 Å². The first-order chi connectivity index (χ1) is 26.8. The minimum atomic E-state index is 0.672. The Kier molecular flexibility index (Phi) is 6.70. The summed E-state index contributed by atoms with van der Waals surface area (Å²) in [6.45, 7) is 2.15. The van der Waals surface area contributed by atoms with Crippen LogP contribution >= 0.6 is 0 Å². The van der Waals surface area contributed by atoms with Crippen LogP contribution in [0.3, 0.4) is 0 Å². The molecule has 0 aliphatic carbocycles. The van der Waals surface area contributed by atoms with Crippen molar-refractivity contribution in [3.8, 4) is 22.8 Å². The SMILES string of the molecule is CC=c1/c(=C/n2c3ccccc3c3cc(-c4ccc5c(c4)c4ccccc4n5-c4ncccn4)ccc32)c2ccccc2n1-c1cccc2ccccc12. The van der Waals surface area contributed by atoms with Crippen LogP contribution in [0.1, 0.15) is 6.92 Å². The van der Waals surface area contributed by atoms with E-state index in [1.54, 1.807) is 12.4 Å². The van der Waals surface area contributed by atoms with E-state index in [0.717, 1.165) is 11.0 Å². The van der Waals surface area contributed by atoms with Crippen molar-refractivity contribution in [2.24, 2.45) is 0 Å². The van der Waals surface area contributed by atoms with Gasteiger partial charge in [-0.2, -0.15) is 0 Å². The zero-order chi connectivity index (χ0) is 35.8. The molecule has 254 valence electrons. The van der Waals surface area contributed by atoms with Crippen LogP contribution in [0.2, 0.25) is 0 Å². The van der Waals surface area contributed by atoms with Crippen molar-refractivity contribution in [3.05, 3.63) is 181 Å². The standard InChI is InChI=1S/C49H33N5/c1-2-42-41(38-18-7-9-20-46(38)53(42)45-22-11-14-32-13-3-4-15-35(32)45)31-52-43-19-8-5-16-36(43)39-29-33(23-25-44(39)52)34-24-26-48-40(30-34)37-17-6-10-21-47(37)54(48)49-50-27-12-28-51-49/h2-31H,1H3/b41-31+,42-2?. The van der Waals surface area contributed by atoms with Gasteiger partial charge in [-0.15, -0.1) is 0 Å². The van der Waals surface area contributed by atoms with Crippen LogP contribution in [0, 0.1) is 0 Å². The van der Waals surface area contributed by atoms with E-state index < -0.39 is 0 Å². The third-order valence-corrected chi connectivity index (χ3v) is 11.0. The summed E-state index contributed by atoms with van der Waals surface area (Å²) < 4.78 is 6.96. The molecule has 0 saturated carbocycles. The molecule has 5 nitrogen and oxygen atoms in total. The van der Waals surface area contributed by atoms with Crippen molar-refractivity contribution in [2.75, 3.05) is 0 Å². The van der Waals surface area contributed by atoms with Gasteiger partial charge in [0, 0.05) is 56.1 Å². The fourth-order valence-corrected chi connectivity index (χ4v) is 8.59. The van der Waals surface area contributed by atoms with Crippen LogP contribution in [0.5, 0.6) is 0 Å². The summed E-state index contributed by atoms with van der Waals surface area (Å²) in [7, 11) is 0. The molecule has 0 aliphatic heterocycles. The number of nitrogens with zero attached hydrogens (tertiary/aromatic N) is 5. The third kappa shape index (κ3) is 4.45. The lowest BCUT2D eigenvalue weighted by molar-refractivity contribution is 0.988. The Morgan fingerprint density at radius 2 is 0.981 bits per heavy atom. The van der Waals surface area contributed by atoms with Crippen molar-refractivity contribution in [2.45, 2.75) is 6.92 Å². The molecule has 11 rings (SSSR count). The first-order valence-corrected chi connectivity index (χ1v) is 18.4. The van der Waals surface area contributed by atoms with Gasteiger partial charge < -0.3 is 9.13 Å². The minimum absolute atomic E-state index is 0.672. The van der Waals surface area contributed by atoms with Gasteiger partial charge in [-0.25, -0.2) is 9.97 Å². The number of hydrogen-bond acceptors (Lipinski definition) is 2. The van der Waals surface area contributed by atoms with E-state index in [4.69, 9.17) is 0 Å². The summed E-state index contributed by atoms with van der Waals surface area (Å²) >= 11 is 0. The van der Waals surface area contributed by atoms with E-state index in [1.807, 2.05) is 6.07 Å². The molecule has 0 aliphatic rings. The lowest BCUT2D eigenvalue weighted by atomic mass is 10.0. The Morgan fingerprint density at radius 3 is 1.72 bits per heavy atom. The molecule has 4 heterocycles. The van der Waals surface area contributed by atoms with Gasteiger partial charge in [0.15, 0.2) is 0 Å². The number of hydrogen-bond donors (Lipinski definition) is 0. The molecule has 0 spiro atoms. The van der Waals surface area contributed by atoms with E-state index in [-0.39, 0.29) is 0 Å². The van der Waals surface area contributed by atoms with Crippen molar-refractivity contribution in [1.29, 1.82) is 0 Å². The maximum absolute atomic E-state index is 4.60. The summed E-state index contributed by atoms with van der Waals surface area (Å²) in [6, 6.07) is 56.8. The van der Waals surface area contributed by atoms with E-state index in [2.05, 4.69) is 195 Å². The quantitative estimate of drug-likeness (QED) is 0.184. The second-order valence-electron chi connectivity index (χ2n) is 13.8. The highest BCUT2D eigenvalue weighted by Crippen LogP contribution is 2.37. The number of rotatable bonds is 4. The van der Waals surface area contributed by atoms with Crippen LogP contribution in [0.15, 0.2) is 170 Å². The lowest BCUT2D eigenvalue weighted by Crippen LogP contribution is -2.29. The van der Waals surface area contributed by atoms with Crippen molar-refractivity contribution >= 4 is 77.6 Å². The highest BCUT2D eigenvalue weighted by atomic mass is 15.1. The number of fused-ring (bicyclic) bond motifs is 8. The van der Waals surface area contributed by atoms with Crippen LogP contribution in [0.25, 0.3) is 100 Å². The largest absolute Gasteiger partial charge is 0.315 e. The normalized spacial score (nSPS) is 12.8. The molecule has 0 fully saturated rings. The molecule has 54 heavy (non-hydrogen) atoms. The molecule has 0 unspecified atom stereocenters. The monoisotopic (exact) mass is 691 g/mol. The molecule has 7 aromatic carbocycles. The maximum Gasteiger partial charge on any atom is 0.234 e. The van der Waals surface area contributed by atoms with E-state index in [9.17, 15) is 0 Å². The average Bonchev–Trinajstić information content (AvgIpc) is 3.86. The number of aromatic nitrogens is 5. The summed E-state index contributed by atoms with van der Waals surface area (Å²) in [4.78, 5) is 9.19. The Hall–Kier alpha value is -7.24. The third-order valence-electron chi connectivity index (χ3n) is 11.0. The van der Waals surface area contributed by atoms with Gasteiger partial charge in [-0.1, -0.05) is 109 Å². The van der Waals surface area contributed by atoms with Gasteiger partial charge in [0.05, 0.1) is 38.6 Å². The molecule has 0 amide bonds. The fourth-order valence-electron chi connectivity index (χ4n) is 8.59. The molecule has 0 N–H and O–H groups in total. The van der Waals surface area contributed by atoms with Gasteiger partial charge in [0.2, 0.25) is 5.95 Å². The predicted molar refractivity (Wildman–Crippen MR) is 225 cm³/mol. The van der Waals surface area contributed by atoms with Crippen molar-refractivity contribution in [1.82, 2.24) is 23.7 Å². The topological polar surface area (TPSA) is 40.6 Å². The Morgan fingerprint density at radius 1 is 0.444 bits per heavy atom. The van der Waals surface area contributed by atoms with E-state index >= 15 is 0 Å². The number of benzene rings is 7. The second-order valence-corrected chi connectivity index (χ2v) is 13.8. The van der Waals surface area contributed by atoms with Crippen molar-refractivity contribution < 1.29 is 0 Å². The molecule has 0 saturated heterocycles. The van der Waals surface area contributed by atoms with E-state index in [1.165, 1.54) is 81.6 Å². The maximum atomic E-state index is 4.60. The number of para-hydroxylation sites is 3. The van der Waals surface area contributed by atoms with Crippen LogP contribution in [-0.4, -0.2) is 23.7 Å². The summed E-state index contributed by atoms with van der Waals surface area (Å²) in [6.07, 6.45) is 8.18. The zero-order valence-electron chi connectivity index (χ0n) is 29.6. The van der Waals surface area contributed by atoms with Crippen molar-refractivity contribution in [3.63, 3.8) is 0 Å². The van der Waals surface area contributed by atoms with Crippen LogP contribution in [0.4, 0.5) is 0 Å². The molecule has 4 aromatic heterocycles. The molecule has 5 heteroatoms. The van der Waals surface area contributed by atoms with Gasteiger partial charge in [0.25, 0.3) is 0 Å². The predicted octanol–water partition coefficient (Wildman–Crippen LogP) is 10.5. The summed E-state index contributed by atoms with van der Waals surface area (Å²) in [5, 5.41) is 10.8. The summed E-state index contributed by atoms with van der Waals surface area (Å²) in [5.74, 6) is 0.672. The van der Waals surface area contributed by atoms with Gasteiger partial charge in [0.1, 0.15) is 0 Å². The second kappa shape index (κ2) is 11.9. The molecular formula is C49H33N5. The van der Waals surface area contributed by atoms with Gasteiger partial charge >= 0.3 is 0 Å². The Balaban J connectivity index is 1.13. The van der Waals surface area contributed by atoms with E-state index in [0.29, 0.717) is 5.95 Å². The van der Waals surface area contributed by atoms with Crippen LogP contribution < -0.4 is 10.6 Å². The Bertz CT molecular complexity index is 3390. The highest BCUT2D eigenvalue weighted by molar-refractivity contribution is 6.12. The summed E-state index contributed by atoms with van der Waals surface area (Å²) in [5.41, 5.74) is 9.24. The molecule has 0 radical (unpaired) electrons. The first-order valence-electron chi connectivity index (χ1n) is 18.4. The Labute approximate surface area is 310 Å².